The van der Waals surface area contributed by atoms with Crippen LogP contribution < -0.4 is 5.73 Å². The van der Waals surface area contributed by atoms with E-state index in [0.717, 1.165) is 4.47 Å². The van der Waals surface area contributed by atoms with Crippen LogP contribution in [0.1, 0.15) is 24.8 Å². The lowest BCUT2D eigenvalue weighted by Crippen LogP contribution is -2.14. The van der Waals surface area contributed by atoms with Crippen LogP contribution in [0.15, 0.2) is 53.0 Å². The third kappa shape index (κ3) is 2.78. The number of hydrogen-bond donors (Lipinski definition) is 1. The zero-order valence-electron chi connectivity index (χ0n) is 12.1. The summed E-state index contributed by atoms with van der Waals surface area (Å²) >= 11 is 5.44. The first-order valence-corrected chi connectivity index (χ1v) is 8.72. The summed E-state index contributed by atoms with van der Waals surface area (Å²) < 4.78 is 1.14. The lowest BCUT2D eigenvalue weighted by Gasteiger charge is -2.13. The van der Waals surface area contributed by atoms with Gasteiger partial charge in [-0.3, -0.25) is 0 Å². The molecule has 0 bridgehead atoms. The van der Waals surface area contributed by atoms with Gasteiger partial charge in [0, 0.05) is 20.3 Å². The van der Waals surface area contributed by atoms with Crippen molar-refractivity contribution in [3.05, 3.63) is 57.9 Å². The highest BCUT2D eigenvalue weighted by Crippen LogP contribution is 2.38. The first kappa shape index (κ1) is 14.8. The predicted octanol–water partition coefficient (Wildman–Crippen LogP) is 5.99. The van der Waals surface area contributed by atoms with Crippen LogP contribution in [0.25, 0.3) is 21.2 Å². The van der Waals surface area contributed by atoms with E-state index in [-0.39, 0.29) is 6.04 Å². The van der Waals surface area contributed by atoms with Crippen molar-refractivity contribution >= 4 is 38.0 Å². The van der Waals surface area contributed by atoms with Crippen LogP contribution in [0.4, 0.5) is 0 Å². The molecule has 0 spiro atoms. The van der Waals surface area contributed by atoms with Gasteiger partial charge in [-0.25, -0.2) is 0 Å². The maximum atomic E-state index is 6.27. The molecule has 0 aliphatic carbocycles. The fraction of sp³-hybridized carbons (Fsp3) is 0.222. The SMILES string of the molecule is CC(C)C(N)c1ccc(-c2ccc(Br)c3ccccc23)s1. The molecule has 1 unspecified atom stereocenters. The van der Waals surface area contributed by atoms with Gasteiger partial charge in [-0.2, -0.15) is 0 Å². The molecular weight excluding hydrogens is 342 g/mol. The van der Waals surface area contributed by atoms with E-state index in [4.69, 9.17) is 5.73 Å². The van der Waals surface area contributed by atoms with Crippen LogP contribution >= 0.6 is 27.3 Å². The Hall–Kier alpha value is -1.16. The Morgan fingerprint density at radius 2 is 1.67 bits per heavy atom. The summed E-state index contributed by atoms with van der Waals surface area (Å²) in [6.07, 6.45) is 0. The molecule has 1 nitrogen and oxygen atoms in total. The fourth-order valence-electron chi connectivity index (χ4n) is 2.48. The second-order valence-electron chi connectivity index (χ2n) is 5.61. The quantitative estimate of drug-likeness (QED) is 0.610. The highest BCUT2D eigenvalue weighted by atomic mass is 79.9. The molecule has 3 aromatic rings. The molecule has 3 heteroatoms. The molecule has 3 rings (SSSR count). The minimum absolute atomic E-state index is 0.116. The van der Waals surface area contributed by atoms with Gasteiger partial charge in [-0.15, -0.1) is 11.3 Å². The Kier molecular flexibility index (Phi) is 4.16. The first-order valence-electron chi connectivity index (χ1n) is 7.11. The van der Waals surface area contributed by atoms with Crippen molar-refractivity contribution in [2.75, 3.05) is 0 Å². The van der Waals surface area contributed by atoms with Crippen molar-refractivity contribution < 1.29 is 0 Å². The van der Waals surface area contributed by atoms with Crippen LogP contribution in [0, 0.1) is 5.92 Å². The third-order valence-corrected chi connectivity index (χ3v) is 5.72. The maximum absolute atomic E-state index is 6.27. The number of halogens is 1. The number of nitrogens with two attached hydrogens (primary N) is 1. The van der Waals surface area contributed by atoms with Crippen molar-refractivity contribution in [2.45, 2.75) is 19.9 Å². The molecule has 0 amide bonds. The van der Waals surface area contributed by atoms with Gasteiger partial charge in [0.25, 0.3) is 0 Å². The number of benzene rings is 2. The van der Waals surface area contributed by atoms with Crippen molar-refractivity contribution in [3.8, 4) is 10.4 Å². The van der Waals surface area contributed by atoms with Crippen molar-refractivity contribution in [3.63, 3.8) is 0 Å². The molecular formula is C18H18BrNS. The number of fused-ring (bicyclic) bond motifs is 1. The average molecular weight is 360 g/mol. The molecule has 0 fully saturated rings. The average Bonchev–Trinajstić information content (AvgIpc) is 2.96. The van der Waals surface area contributed by atoms with Crippen LogP contribution in [0.2, 0.25) is 0 Å². The Bertz CT molecular complexity index is 776. The fourth-order valence-corrected chi connectivity index (χ4v) is 4.18. The van der Waals surface area contributed by atoms with Crippen molar-refractivity contribution in [1.29, 1.82) is 0 Å². The monoisotopic (exact) mass is 359 g/mol. The molecule has 0 saturated heterocycles. The van der Waals surface area contributed by atoms with E-state index >= 15 is 0 Å². The Labute approximate surface area is 137 Å². The summed E-state index contributed by atoms with van der Waals surface area (Å²) in [6.45, 7) is 4.33. The van der Waals surface area contributed by atoms with Gasteiger partial charge in [0.2, 0.25) is 0 Å². The van der Waals surface area contributed by atoms with E-state index in [1.807, 2.05) is 0 Å². The summed E-state index contributed by atoms with van der Waals surface area (Å²) in [5, 5.41) is 2.52. The molecule has 0 saturated carbocycles. The second kappa shape index (κ2) is 5.91. The van der Waals surface area contributed by atoms with Crippen LogP contribution in [0.3, 0.4) is 0 Å². The molecule has 1 heterocycles. The van der Waals surface area contributed by atoms with E-state index < -0.39 is 0 Å². The zero-order valence-corrected chi connectivity index (χ0v) is 14.5. The minimum Gasteiger partial charge on any atom is -0.323 e. The summed E-state index contributed by atoms with van der Waals surface area (Å²) in [7, 11) is 0. The zero-order chi connectivity index (χ0) is 15.0. The Morgan fingerprint density at radius 1 is 0.952 bits per heavy atom. The van der Waals surface area contributed by atoms with Crippen molar-refractivity contribution in [2.24, 2.45) is 11.7 Å². The summed E-state index contributed by atoms with van der Waals surface area (Å²) in [5.74, 6) is 0.457. The van der Waals surface area contributed by atoms with Gasteiger partial charge in [0.15, 0.2) is 0 Å². The summed E-state index contributed by atoms with van der Waals surface area (Å²) in [6, 6.07) is 17.3. The first-order chi connectivity index (χ1) is 10.1. The van der Waals surface area contributed by atoms with Crippen molar-refractivity contribution in [1.82, 2.24) is 0 Å². The van der Waals surface area contributed by atoms with E-state index in [1.54, 1.807) is 11.3 Å². The number of hydrogen-bond acceptors (Lipinski definition) is 2. The van der Waals surface area contributed by atoms with E-state index in [2.05, 4.69) is 78.3 Å². The maximum Gasteiger partial charge on any atom is 0.0413 e. The lowest BCUT2D eigenvalue weighted by atomic mass is 10.0. The molecule has 0 aliphatic rings. The Balaban J connectivity index is 2.11. The topological polar surface area (TPSA) is 26.0 Å². The lowest BCUT2D eigenvalue weighted by molar-refractivity contribution is 0.521. The molecule has 2 aromatic carbocycles. The smallest absolute Gasteiger partial charge is 0.0413 e. The molecule has 108 valence electrons. The van der Waals surface area contributed by atoms with Crippen LogP contribution in [-0.2, 0) is 0 Å². The molecule has 0 aliphatic heterocycles. The van der Waals surface area contributed by atoms with E-state index in [1.165, 1.54) is 26.1 Å². The predicted molar refractivity (Wildman–Crippen MR) is 96.7 cm³/mol. The number of rotatable bonds is 3. The van der Waals surface area contributed by atoms with Gasteiger partial charge in [0.1, 0.15) is 0 Å². The largest absolute Gasteiger partial charge is 0.323 e. The Morgan fingerprint density at radius 3 is 2.38 bits per heavy atom. The van der Waals surface area contributed by atoms with E-state index in [0.29, 0.717) is 5.92 Å². The van der Waals surface area contributed by atoms with Gasteiger partial charge in [0.05, 0.1) is 0 Å². The molecule has 2 N–H and O–H groups in total. The summed E-state index contributed by atoms with van der Waals surface area (Å²) in [4.78, 5) is 2.54. The molecule has 1 atom stereocenters. The second-order valence-corrected chi connectivity index (χ2v) is 7.58. The molecule has 0 radical (unpaired) electrons. The van der Waals surface area contributed by atoms with Gasteiger partial charge in [-0.1, -0.05) is 60.1 Å². The third-order valence-electron chi connectivity index (χ3n) is 3.81. The molecule has 21 heavy (non-hydrogen) atoms. The van der Waals surface area contributed by atoms with Gasteiger partial charge >= 0.3 is 0 Å². The number of thiophene rings is 1. The normalized spacial score (nSPS) is 13.0. The molecule has 1 aromatic heterocycles. The van der Waals surface area contributed by atoms with Crippen LogP contribution in [0.5, 0.6) is 0 Å². The summed E-state index contributed by atoms with van der Waals surface area (Å²) in [5.41, 5.74) is 7.55. The standard InChI is InChI=1S/C18H18BrNS/c1-11(2)18(20)17-10-9-16(21-17)14-7-8-15(19)13-6-4-3-5-12(13)14/h3-11,18H,20H2,1-2H3. The van der Waals surface area contributed by atoms with Gasteiger partial charge in [-0.05, 0) is 40.5 Å². The van der Waals surface area contributed by atoms with E-state index in [9.17, 15) is 0 Å². The minimum atomic E-state index is 0.116. The highest BCUT2D eigenvalue weighted by molar-refractivity contribution is 9.10. The highest BCUT2D eigenvalue weighted by Gasteiger charge is 2.14. The van der Waals surface area contributed by atoms with Gasteiger partial charge < -0.3 is 5.73 Å². The van der Waals surface area contributed by atoms with Crippen LogP contribution in [-0.4, -0.2) is 0 Å².